The molecule has 2 heterocycles. The highest BCUT2D eigenvalue weighted by atomic mass is 32.1. The second-order valence-corrected chi connectivity index (χ2v) is 6.07. The van der Waals surface area contributed by atoms with E-state index in [0.717, 1.165) is 30.2 Å². The van der Waals surface area contributed by atoms with Crippen LogP contribution in [0.25, 0.3) is 0 Å². The first kappa shape index (κ1) is 14.1. The monoisotopic (exact) mass is 306 g/mol. The topological polar surface area (TPSA) is 85.6 Å². The van der Waals surface area contributed by atoms with E-state index in [2.05, 4.69) is 29.7 Å². The predicted molar refractivity (Wildman–Crippen MR) is 78.0 cm³/mol. The first-order valence-corrected chi connectivity index (χ1v) is 7.98. The zero-order valence-electron chi connectivity index (χ0n) is 11.9. The van der Waals surface area contributed by atoms with Crippen LogP contribution < -0.4 is 5.32 Å². The molecule has 0 unspecified atom stereocenters. The smallest absolute Gasteiger partial charge is 0.265 e. The maximum atomic E-state index is 12.1. The Labute approximate surface area is 126 Å². The third-order valence-corrected chi connectivity index (χ3v) is 4.71. The molecule has 0 aliphatic heterocycles. The summed E-state index contributed by atoms with van der Waals surface area (Å²) >= 11 is 1.11. The Morgan fingerprint density at radius 1 is 1.38 bits per heavy atom. The number of aryl methyl sites for hydroxylation is 1. The van der Waals surface area contributed by atoms with Gasteiger partial charge >= 0.3 is 0 Å². The van der Waals surface area contributed by atoms with Crippen molar-refractivity contribution in [2.75, 3.05) is 0 Å². The summed E-state index contributed by atoms with van der Waals surface area (Å²) in [7, 11) is 0. The highest BCUT2D eigenvalue weighted by Crippen LogP contribution is 2.28. The van der Waals surface area contributed by atoms with Gasteiger partial charge in [-0.2, -0.15) is 0 Å². The zero-order valence-corrected chi connectivity index (χ0v) is 12.8. The van der Waals surface area contributed by atoms with Gasteiger partial charge in [0, 0.05) is 6.04 Å². The van der Waals surface area contributed by atoms with Gasteiger partial charge < -0.3 is 9.88 Å². The van der Waals surface area contributed by atoms with E-state index in [0.29, 0.717) is 23.2 Å². The molecule has 1 saturated carbocycles. The molecule has 0 atom stereocenters. The fraction of sp³-hybridized carbons (Fsp3) is 0.615. The van der Waals surface area contributed by atoms with Crippen LogP contribution in [0.5, 0.6) is 0 Å². The summed E-state index contributed by atoms with van der Waals surface area (Å²) in [5.41, 5.74) is 0.659. The lowest BCUT2D eigenvalue weighted by Gasteiger charge is -2.23. The summed E-state index contributed by atoms with van der Waals surface area (Å²) in [4.78, 5) is 12.6. The molecule has 1 aliphatic carbocycles. The lowest BCUT2D eigenvalue weighted by Crippen LogP contribution is -2.26. The first-order valence-electron chi connectivity index (χ1n) is 7.21. The van der Waals surface area contributed by atoms with Gasteiger partial charge in [-0.25, -0.2) is 0 Å². The normalized spacial score (nSPS) is 16.0. The molecule has 1 N–H and O–H groups in total. The van der Waals surface area contributed by atoms with E-state index in [1.54, 1.807) is 13.3 Å². The maximum Gasteiger partial charge on any atom is 0.265 e. The second-order valence-electron chi connectivity index (χ2n) is 5.32. The van der Waals surface area contributed by atoms with Crippen LogP contribution in [0.4, 0.5) is 0 Å². The molecule has 0 spiro atoms. The van der Waals surface area contributed by atoms with E-state index in [1.165, 1.54) is 19.3 Å². The largest absolute Gasteiger partial charge is 0.344 e. The van der Waals surface area contributed by atoms with Crippen LogP contribution in [0, 0.1) is 6.92 Å². The first-order chi connectivity index (χ1) is 10.3. The van der Waals surface area contributed by atoms with Gasteiger partial charge in [-0.3, -0.25) is 4.79 Å². The summed E-state index contributed by atoms with van der Waals surface area (Å²) < 4.78 is 5.88. The molecule has 0 bridgehead atoms. The van der Waals surface area contributed by atoms with Crippen molar-refractivity contribution >= 4 is 17.4 Å². The molecule has 1 aliphatic rings. The van der Waals surface area contributed by atoms with Gasteiger partial charge in [-0.05, 0) is 31.3 Å². The molecule has 21 heavy (non-hydrogen) atoms. The summed E-state index contributed by atoms with van der Waals surface area (Å²) in [6.45, 7) is 2.16. The lowest BCUT2D eigenvalue weighted by molar-refractivity contribution is 0.0952. The molecular formula is C13H18N6OS. The van der Waals surface area contributed by atoms with Gasteiger partial charge in [0.25, 0.3) is 5.91 Å². The average Bonchev–Trinajstić information content (AvgIpc) is 3.14. The van der Waals surface area contributed by atoms with E-state index in [1.807, 2.05) is 0 Å². The molecule has 2 aromatic heterocycles. The van der Waals surface area contributed by atoms with Crippen molar-refractivity contribution in [3.05, 3.63) is 22.7 Å². The van der Waals surface area contributed by atoms with Crippen LogP contribution in [-0.4, -0.2) is 30.3 Å². The van der Waals surface area contributed by atoms with Crippen LogP contribution >= 0.6 is 11.5 Å². The van der Waals surface area contributed by atoms with Crippen molar-refractivity contribution < 1.29 is 4.79 Å². The molecule has 112 valence electrons. The number of nitrogens with zero attached hydrogens (tertiary/aromatic N) is 5. The van der Waals surface area contributed by atoms with E-state index in [4.69, 9.17) is 0 Å². The molecule has 1 fully saturated rings. The fourth-order valence-corrected chi connectivity index (χ4v) is 3.31. The maximum absolute atomic E-state index is 12.1. The van der Waals surface area contributed by atoms with Crippen molar-refractivity contribution in [3.8, 4) is 0 Å². The molecule has 1 amide bonds. The third-order valence-electron chi connectivity index (χ3n) is 3.88. The standard InChI is InChI=1S/C13H18N6OS/c1-9-12(21-18-16-9)13(20)14-7-11-17-15-8-19(11)10-5-3-2-4-6-10/h8,10H,2-7H2,1H3,(H,14,20). The van der Waals surface area contributed by atoms with Gasteiger partial charge in [0.15, 0.2) is 5.82 Å². The Bertz CT molecular complexity index is 616. The van der Waals surface area contributed by atoms with Gasteiger partial charge in [0.05, 0.1) is 12.2 Å². The van der Waals surface area contributed by atoms with Crippen LogP contribution in [0.15, 0.2) is 6.33 Å². The number of carbonyl (C=O) groups is 1. The van der Waals surface area contributed by atoms with Crippen molar-refractivity contribution in [2.24, 2.45) is 0 Å². The minimum Gasteiger partial charge on any atom is -0.344 e. The summed E-state index contributed by atoms with van der Waals surface area (Å²) in [5, 5.41) is 14.9. The Hall–Kier alpha value is -1.83. The van der Waals surface area contributed by atoms with E-state index < -0.39 is 0 Å². The Morgan fingerprint density at radius 2 is 2.19 bits per heavy atom. The highest BCUT2D eigenvalue weighted by molar-refractivity contribution is 7.07. The Morgan fingerprint density at radius 3 is 2.90 bits per heavy atom. The molecule has 0 aromatic carbocycles. The second kappa shape index (κ2) is 6.30. The Kier molecular flexibility index (Phi) is 4.23. The average molecular weight is 306 g/mol. The number of aromatic nitrogens is 5. The lowest BCUT2D eigenvalue weighted by atomic mass is 9.95. The summed E-state index contributed by atoms with van der Waals surface area (Å²) in [6, 6.07) is 0.465. The number of hydrogen-bond donors (Lipinski definition) is 1. The molecule has 8 heteroatoms. The van der Waals surface area contributed by atoms with Crippen molar-refractivity contribution in [1.82, 2.24) is 29.7 Å². The number of hydrogen-bond acceptors (Lipinski definition) is 6. The van der Waals surface area contributed by atoms with Gasteiger partial charge in [0.2, 0.25) is 0 Å². The molecular weight excluding hydrogens is 288 g/mol. The predicted octanol–water partition coefficient (Wildman–Crippen LogP) is 1.87. The van der Waals surface area contributed by atoms with Crippen LogP contribution in [-0.2, 0) is 6.54 Å². The number of carbonyl (C=O) groups excluding carboxylic acids is 1. The number of nitrogens with one attached hydrogen (secondary N) is 1. The fourth-order valence-electron chi connectivity index (χ4n) is 2.74. The van der Waals surface area contributed by atoms with Gasteiger partial charge in [-0.15, -0.1) is 15.3 Å². The minimum atomic E-state index is -0.152. The quantitative estimate of drug-likeness (QED) is 0.932. The molecule has 0 saturated heterocycles. The van der Waals surface area contributed by atoms with Crippen LogP contribution in [0.3, 0.4) is 0 Å². The van der Waals surface area contributed by atoms with Gasteiger partial charge in [0.1, 0.15) is 11.2 Å². The SMILES string of the molecule is Cc1nnsc1C(=O)NCc1nncn1C1CCCCC1. The van der Waals surface area contributed by atoms with Gasteiger partial charge in [-0.1, -0.05) is 23.8 Å². The minimum absolute atomic E-state index is 0.152. The molecule has 0 radical (unpaired) electrons. The third kappa shape index (κ3) is 3.10. The van der Waals surface area contributed by atoms with Crippen LogP contribution in [0.2, 0.25) is 0 Å². The van der Waals surface area contributed by atoms with E-state index in [9.17, 15) is 4.79 Å². The van der Waals surface area contributed by atoms with Crippen molar-refractivity contribution in [1.29, 1.82) is 0 Å². The Balaban J connectivity index is 1.64. The van der Waals surface area contributed by atoms with Crippen molar-refractivity contribution in [3.63, 3.8) is 0 Å². The van der Waals surface area contributed by atoms with E-state index >= 15 is 0 Å². The van der Waals surface area contributed by atoms with Crippen LogP contribution in [0.1, 0.15) is 59.3 Å². The molecule has 2 aromatic rings. The van der Waals surface area contributed by atoms with E-state index in [-0.39, 0.29) is 5.91 Å². The summed E-state index contributed by atoms with van der Waals surface area (Å²) in [5.74, 6) is 0.658. The highest BCUT2D eigenvalue weighted by Gasteiger charge is 2.19. The molecule has 7 nitrogen and oxygen atoms in total. The molecule has 3 rings (SSSR count). The number of rotatable bonds is 4. The van der Waals surface area contributed by atoms with Crippen molar-refractivity contribution in [2.45, 2.75) is 51.6 Å². The zero-order chi connectivity index (χ0) is 14.7. The summed E-state index contributed by atoms with van der Waals surface area (Å²) in [6.07, 6.45) is 7.91. The number of amides is 1.